The summed E-state index contributed by atoms with van der Waals surface area (Å²) in [5.74, 6) is -0.281. The van der Waals surface area contributed by atoms with Gasteiger partial charge in [0.15, 0.2) is 17.3 Å². The number of amides is 1. The molecule has 1 N–H and O–H groups in total. The van der Waals surface area contributed by atoms with E-state index in [2.05, 4.69) is 20.5 Å². The number of alkyl halides is 3. The minimum atomic E-state index is -4.45. The molecule has 12 heteroatoms. The minimum absolute atomic E-state index is 0.000690. The zero-order valence-corrected chi connectivity index (χ0v) is 22.2. The maximum absolute atomic E-state index is 13.2. The van der Waals surface area contributed by atoms with Crippen LogP contribution in [0.1, 0.15) is 73.4 Å². The highest BCUT2D eigenvalue weighted by Crippen LogP contribution is 2.34. The third-order valence-electron chi connectivity index (χ3n) is 7.31. The molecule has 1 atom stereocenters. The Morgan fingerprint density at radius 1 is 1.05 bits per heavy atom. The van der Waals surface area contributed by atoms with Gasteiger partial charge in [0.25, 0.3) is 0 Å². The summed E-state index contributed by atoms with van der Waals surface area (Å²) in [6.07, 6.45) is -1.23. The number of nitrogens with zero attached hydrogens (tertiary/aromatic N) is 6. The molecule has 0 bridgehead atoms. The maximum Gasteiger partial charge on any atom is 0.416 e. The van der Waals surface area contributed by atoms with E-state index in [4.69, 9.17) is 9.97 Å². The number of pyridine rings is 1. The van der Waals surface area contributed by atoms with E-state index in [1.807, 2.05) is 32.9 Å². The predicted octanol–water partition coefficient (Wildman–Crippen LogP) is 6.59. The third-order valence-corrected chi connectivity index (χ3v) is 7.31. The molecule has 1 aromatic carbocycles. The lowest BCUT2D eigenvalue weighted by molar-refractivity contribution is -0.137. The molecule has 1 aliphatic rings. The first-order valence-corrected chi connectivity index (χ1v) is 13.1. The van der Waals surface area contributed by atoms with Crippen molar-refractivity contribution in [2.75, 3.05) is 5.32 Å². The quantitative estimate of drug-likeness (QED) is 0.246. The van der Waals surface area contributed by atoms with E-state index >= 15 is 0 Å². The van der Waals surface area contributed by atoms with Gasteiger partial charge in [0.05, 0.1) is 5.56 Å². The summed E-state index contributed by atoms with van der Waals surface area (Å²) in [6.45, 7) is 6.17. The van der Waals surface area contributed by atoms with Crippen LogP contribution in [0.25, 0.3) is 22.7 Å². The van der Waals surface area contributed by atoms with Gasteiger partial charge < -0.3 is 9.88 Å². The van der Waals surface area contributed by atoms with Gasteiger partial charge in [-0.1, -0.05) is 38.5 Å². The minimum Gasteiger partial charge on any atom is -0.365 e. The summed E-state index contributed by atoms with van der Waals surface area (Å²) in [6, 6.07) is 10.4. The van der Waals surface area contributed by atoms with Crippen molar-refractivity contribution in [3.05, 3.63) is 70.0 Å². The van der Waals surface area contributed by atoms with Gasteiger partial charge in [-0.25, -0.2) is 19.9 Å². The van der Waals surface area contributed by atoms with Gasteiger partial charge in [0.2, 0.25) is 5.82 Å². The summed E-state index contributed by atoms with van der Waals surface area (Å²) < 4.78 is 41.4. The highest BCUT2D eigenvalue weighted by Gasteiger charge is 2.31. The molecule has 1 unspecified atom stereocenters. The smallest absolute Gasteiger partial charge is 0.365 e. The second-order valence-electron chi connectivity index (χ2n) is 10.4. The first-order chi connectivity index (χ1) is 19.0. The van der Waals surface area contributed by atoms with Crippen LogP contribution in [-0.4, -0.2) is 36.5 Å². The van der Waals surface area contributed by atoms with Gasteiger partial charge >= 0.3 is 12.1 Å². The molecule has 5 rings (SSSR count). The molecule has 1 amide bonds. The summed E-state index contributed by atoms with van der Waals surface area (Å²) in [5.41, 5.74) is 1.78. The zero-order valence-electron chi connectivity index (χ0n) is 22.2. The van der Waals surface area contributed by atoms with Crippen molar-refractivity contribution >= 4 is 22.9 Å². The largest absolute Gasteiger partial charge is 0.416 e. The van der Waals surface area contributed by atoms with Gasteiger partial charge in [-0.3, -0.25) is 4.79 Å². The second kappa shape index (κ2) is 10.7. The number of hydrogen-bond donors (Lipinski definition) is 1. The summed E-state index contributed by atoms with van der Waals surface area (Å²) >= 11 is 0. The fourth-order valence-corrected chi connectivity index (χ4v) is 4.78. The summed E-state index contributed by atoms with van der Waals surface area (Å²) in [4.78, 5) is 41.3. The van der Waals surface area contributed by atoms with Crippen LogP contribution in [0.2, 0.25) is 0 Å². The van der Waals surface area contributed by atoms with Gasteiger partial charge in [-0.15, -0.1) is 4.91 Å². The Kier molecular flexibility index (Phi) is 7.35. The monoisotopic (exact) mass is 551 g/mol. The Hall–Kier alpha value is -4.22. The van der Waals surface area contributed by atoms with Crippen molar-refractivity contribution in [1.82, 2.24) is 24.5 Å². The number of carbonyl (C=O) groups excluding carboxylic acids is 1. The highest BCUT2D eigenvalue weighted by molar-refractivity contribution is 5.95. The summed E-state index contributed by atoms with van der Waals surface area (Å²) in [7, 11) is 0. The number of rotatable bonds is 8. The number of imidazole rings is 1. The molecule has 4 aromatic rings. The average molecular weight is 552 g/mol. The lowest BCUT2D eigenvalue weighted by atomic mass is 9.80. The van der Waals surface area contributed by atoms with Gasteiger partial charge in [0, 0.05) is 23.5 Å². The van der Waals surface area contributed by atoms with Crippen molar-refractivity contribution in [2.24, 2.45) is 11.1 Å². The van der Waals surface area contributed by atoms with Crippen molar-refractivity contribution in [1.29, 1.82) is 0 Å². The SMILES string of the molecule is CC(C)c1cccc(-c2nc3nc(C(=O)N=O)nc(NC(C)C4CCC4)c3n2Cc2ccc(C(F)(F)F)cc2)n1. The first-order valence-electron chi connectivity index (χ1n) is 13.1. The normalized spacial score (nSPS) is 14.8. The molecule has 1 aliphatic carbocycles. The molecule has 0 spiro atoms. The van der Waals surface area contributed by atoms with Crippen molar-refractivity contribution in [2.45, 2.75) is 64.7 Å². The number of benzene rings is 1. The molecule has 0 radical (unpaired) electrons. The number of nitroso groups, excluding NO2 is 1. The zero-order chi connectivity index (χ0) is 28.6. The number of hydrogen-bond acceptors (Lipinski definition) is 7. The van der Waals surface area contributed by atoms with Crippen LogP contribution in [0.15, 0.2) is 47.6 Å². The lowest BCUT2D eigenvalue weighted by Gasteiger charge is -2.32. The van der Waals surface area contributed by atoms with Crippen LogP contribution >= 0.6 is 0 Å². The Bertz CT molecular complexity index is 1560. The number of aromatic nitrogens is 5. The van der Waals surface area contributed by atoms with Crippen LogP contribution in [0.4, 0.5) is 19.0 Å². The Labute approximate surface area is 228 Å². The molecule has 40 heavy (non-hydrogen) atoms. The van der Waals surface area contributed by atoms with Crippen molar-refractivity contribution < 1.29 is 18.0 Å². The van der Waals surface area contributed by atoms with E-state index < -0.39 is 17.6 Å². The van der Waals surface area contributed by atoms with Crippen molar-refractivity contribution in [3.8, 4) is 11.5 Å². The molecule has 0 saturated heterocycles. The van der Waals surface area contributed by atoms with E-state index in [-0.39, 0.29) is 30.0 Å². The molecular formula is C28H28F3N7O2. The molecule has 3 heterocycles. The average Bonchev–Trinajstić information content (AvgIpc) is 3.25. The van der Waals surface area contributed by atoms with Crippen LogP contribution in [0.5, 0.6) is 0 Å². The van der Waals surface area contributed by atoms with Gasteiger partial charge in [-0.05, 0) is 61.4 Å². The summed E-state index contributed by atoms with van der Waals surface area (Å²) in [5, 5.41) is 5.86. The Balaban J connectivity index is 1.70. The van der Waals surface area contributed by atoms with Gasteiger partial charge in [-0.2, -0.15) is 13.2 Å². The Morgan fingerprint density at radius 2 is 1.77 bits per heavy atom. The number of nitrogens with one attached hydrogen (secondary N) is 1. The van der Waals surface area contributed by atoms with E-state index in [1.54, 1.807) is 10.6 Å². The number of anilines is 1. The van der Waals surface area contributed by atoms with Gasteiger partial charge in [0.1, 0.15) is 11.2 Å². The third kappa shape index (κ3) is 5.43. The maximum atomic E-state index is 13.2. The standard InChI is InChI=1S/C28H28F3N7O2/c1-15(2)20-8-5-9-21(33-20)26-36-24-22(38(26)14-17-10-12-19(13-11-17)28(29,30)31)23(32-16(3)18-6-4-7-18)34-25(35-24)27(39)37-40/h5,8-13,15-16,18H,4,6-7,14H2,1-3H3,(H,32,34,35). The molecule has 1 saturated carbocycles. The lowest BCUT2D eigenvalue weighted by Crippen LogP contribution is -2.31. The number of fused-ring (bicyclic) bond motifs is 1. The van der Waals surface area contributed by atoms with Crippen LogP contribution in [0, 0.1) is 10.8 Å². The second-order valence-corrected chi connectivity index (χ2v) is 10.4. The fourth-order valence-electron chi connectivity index (χ4n) is 4.78. The van der Waals surface area contributed by atoms with E-state index in [0.717, 1.165) is 37.1 Å². The van der Waals surface area contributed by atoms with E-state index in [1.165, 1.54) is 12.1 Å². The van der Waals surface area contributed by atoms with E-state index in [9.17, 15) is 22.9 Å². The molecule has 3 aromatic heterocycles. The van der Waals surface area contributed by atoms with Crippen LogP contribution in [-0.2, 0) is 12.7 Å². The highest BCUT2D eigenvalue weighted by atomic mass is 19.4. The van der Waals surface area contributed by atoms with Crippen molar-refractivity contribution in [3.63, 3.8) is 0 Å². The number of halogens is 3. The van der Waals surface area contributed by atoms with Crippen LogP contribution in [0.3, 0.4) is 0 Å². The predicted molar refractivity (Wildman–Crippen MR) is 144 cm³/mol. The van der Waals surface area contributed by atoms with Crippen LogP contribution < -0.4 is 5.32 Å². The fraction of sp³-hybridized carbons (Fsp3) is 0.393. The molecule has 0 aliphatic heterocycles. The van der Waals surface area contributed by atoms with E-state index in [0.29, 0.717) is 34.3 Å². The topological polar surface area (TPSA) is 115 Å². The first kappa shape index (κ1) is 27.4. The molecule has 208 valence electrons. The molecule has 9 nitrogen and oxygen atoms in total. The molecule has 1 fully saturated rings. The number of carbonyl (C=O) groups is 1. The molecular weight excluding hydrogens is 523 g/mol. The Morgan fingerprint density at radius 3 is 2.38 bits per heavy atom.